The van der Waals surface area contributed by atoms with Crippen molar-refractivity contribution in [2.45, 2.75) is 13.8 Å². The number of hydrogen-bond donors (Lipinski definition) is 2. The fourth-order valence-electron chi connectivity index (χ4n) is 0.958. The van der Waals surface area contributed by atoms with Crippen molar-refractivity contribution in [2.24, 2.45) is 10.9 Å². The van der Waals surface area contributed by atoms with E-state index < -0.39 is 0 Å². The van der Waals surface area contributed by atoms with Gasteiger partial charge in [0, 0.05) is 5.56 Å². The normalized spacial score (nSPS) is 11.7. The molecule has 1 aromatic carbocycles. The van der Waals surface area contributed by atoms with Gasteiger partial charge in [0.25, 0.3) is 0 Å². The predicted molar refractivity (Wildman–Crippen MR) is 48.4 cm³/mol. The van der Waals surface area contributed by atoms with Crippen molar-refractivity contribution in [2.75, 3.05) is 0 Å². The molecule has 0 spiro atoms. The third-order valence-corrected chi connectivity index (χ3v) is 1.91. The van der Waals surface area contributed by atoms with Crippen LogP contribution in [-0.4, -0.2) is 11.0 Å². The minimum Gasteiger partial charge on any atom is -0.409 e. The van der Waals surface area contributed by atoms with E-state index in [4.69, 9.17) is 10.9 Å². The molecule has 0 aliphatic rings. The summed E-state index contributed by atoms with van der Waals surface area (Å²) in [5, 5.41) is 11.3. The molecule has 0 saturated carbocycles. The zero-order chi connectivity index (χ0) is 9.14. The lowest BCUT2D eigenvalue weighted by Crippen LogP contribution is -2.13. The fraction of sp³-hybridized carbons (Fsp3) is 0.222. The van der Waals surface area contributed by atoms with Crippen LogP contribution in [0.3, 0.4) is 0 Å². The first kappa shape index (κ1) is 8.59. The monoisotopic (exact) mass is 164 g/mol. The van der Waals surface area contributed by atoms with Crippen molar-refractivity contribution in [1.82, 2.24) is 0 Å². The minimum atomic E-state index is 0.151. The zero-order valence-corrected chi connectivity index (χ0v) is 7.20. The first-order chi connectivity index (χ1) is 5.65. The predicted octanol–water partition coefficient (Wildman–Crippen LogP) is 1.40. The molecule has 0 aromatic heterocycles. The van der Waals surface area contributed by atoms with Gasteiger partial charge in [-0.05, 0) is 31.0 Å². The van der Waals surface area contributed by atoms with Gasteiger partial charge < -0.3 is 10.9 Å². The molecule has 3 heteroatoms. The van der Waals surface area contributed by atoms with Crippen LogP contribution in [-0.2, 0) is 0 Å². The molecule has 0 aliphatic carbocycles. The van der Waals surface area contributed by atoms with E-state index in [1.807, 2.05) is 32.0 Å². The standard InChI is InChI=1S/C9H12N2O/c1-6-3-4-8(5-7(6)2)9(10)11-12/h3-5,12H,1-2H3,(H2,10,11). The Hall–Kier alpha value is -1.51. The van der Waals surface area contributed by atoms with Crippen molar-refractivity contribution in [3.8, 4) is 0 Å². The van der Waals surface area contributed by atoms with Gasteiger partial charge in [0.1, 0.15) is 0 Å². The third kappa shape index (κ3) is 1.56. The van der Waals surface area contributed by atoms with Crippen molar-refractivity contribution in [1.29, 1.82) is 0 Å². The first-order valence-electron chi connectivity index (χ1n) is 3.70. The molecule has 0 heterocycles. The van der Waals surface area contributed by atoms with E-state index in [2.05, 4.69) is 5.16 Å². The van der Waals surface area contributed by atoms with Gasteiger partial charge in [0.05, 0.1) is 0 Å². The molecule has 0 saturated heterocycles. The van der Waals surface area contributed by atoms with Gasteiger partial charge in [-0.3, -0.25) is 0 Å². The largest absolute Gasteiger partial charge is 0.409 e. The van der Waals surface area contributed by atoms with Crippen LogP contribution in [0.2, 0.25) is 0 Å². The van der Waals surface area contributed by atoms with E-state index in [1.165, 1.54) is 5.56 Å². The molecule has 1 rings (SSSR count). The highest BCUT2D eigenvalue weighted by molar-refractivity contribution is 5.97. The maximum atomic E-state index is 8.41. The Labute approximate surface area is 71.5 Å². The van der Waals surface area contributed by atoms with E-state index in [0.29, 0.717) is 0 Å². The number of nitrogens with two attached hydrogens (primary N) is 1. The molecule has 0 radical (unpaired) electrons. The summed E-state index contributed by atoms with van der Waals surface area (Å²) in [6, 6.07) is 5.67. The van der Waals surface area contributed by atoms with Crippen molar-refractivity contribution in [3.63, 3.8) is 0 Å². The summed E-state index contributed by atoms with van der Waals surface area (Å²) < 4.78 is 0. The van der Waals surface area contributed by atoms with E-state index in [0.717, 1.165) is 11.1 Å². The summed E-state index contributed by atoms with van der Waals surface area (Å²) in [5.41, 5.74) is 8.50. The number of amidine groups is 1. The number of nitrogens with zero attached hydrogens (tertiary/aromatic N) is 1. The highest BCUT2D eigenvalue weighted by Crippen LogP contribution is 2.09. The average Bonchev–Trinajstić information content (AvgIpc) is 2.08. The molecule has 0 fully saturated rings. The number of benzene rings is 1. The Balaban J connectivity index is 3.13. The van der Waals surface area contributed by atoms with E-state index >= 15 is 0 Å². The van der Waals surface area contributed by atoms with E-state index in [-0.39, 0.29) is 5.84 Å². The summed E-state index contributed by atoms with van der Waals surface area (Å²) >= 11 is 0. The van der Waals surface area contributed by atoms with Gasteiger partial charge in [-0.25, -0.2) is 0 Å². The molecule has 0 bridgehead atoms. The van der Waals surface area contributed by atoms with Gasteiger partial charge in [-0.2, -0.15) is 0 Å². The zero-order valence-electron chi connectivity index (χ0n) is 7.20. The lowest BCUT2D eigenvalue weighted by Gasteiger charge is -2.02. The Kier molecular flexibility index (Phi) is 2.33. The van der Waals surface area contributed by atoms with Crippen LogP contribution >= 0.6 is 0 Å². The highest BCUT2D eigenvalue weighted by atomic mass is 16.4. The number of rotatable bonds is 1. The van der Waals surface area contributed by atoms with Crippen molar-refractivity contribution in [3.05, 3.63) is 34.9 Å². The van der Waals surface area contributed by atoms with Crippen molar-refractivity contribution >= 4 is 5.84 Å². The molecule has 3 N–H and O–H groups in total. The van der Waals surface area contributed by atoms with Gasteiger partial charge in [-0.1, -0.05) is 17.3 Å². The fourth-order valence-corrected chi connectivity index (χ4v) is 0.958. The first-order valence-corrected chi connectivity index (χ1v) is 3.70. The molecule has 0 aliphatic heterocycles. The Bertz CT molecular complexity index is 318. The molecular formula is C9H12N2O. The average molecular weight is 164 g/mol. The Morgan fingerprint density at radius 1 is 1.33 bits per heavy atom. The maximum absolute atomic E-state index is 8.41. The van der Waals surface area contributed by atoms with Crippen LogP contribution in [0.4, 0.5) is 0 Å². The number of oxime groups is 1. The molecule has 12 heavy (non-hydrogen) atoms. The van der Waals surface area contributed by atoms with Gasteiger partial charge in [-0.15, -0.1) is 0 Å². The van der Waals surface area contributed by atoms with E-state index in [9.17, 15) is 0 Å². The Morgan fingerprint density at radius 2 is 2.00 bits per heavy atom. The number of hydrogen-bond acceptors (Lipinski definition) is 2. The minimum absolute atomic E-state index is 0.151. The summed E-state index contributed by atoms with van der Waals surface area (Å²) in [6.45, 7) is 4.01. The molecule has 0 amide bonds. The van der Waals surface area contributed by atoms with Crippen LogP contribution in [0.5, 0.6) is 0 Å². The molecule has 1 aromatic rings. The van der Waals surface area contributed by atoms with Crippen LogP contribution < -0.4 is 5.73 Å². The summed E-state index contributed by atoms with van der Waals surface area (Å²) in [7, 11) is 0. The molecule has 64 valence electrons. The van der Waals surface area contributed by atoms with Gasteiger partial charge >= 0.3 is 0 Å². The van der Waals surface area contributed by atoms with Crippen molar-refractivity contribution < 1.29 is 5.21 Å². The lowest BCUT2D eigenvalue weighted by atomic mass is 10.1. The summed E-state index contributed by atoms with van der Waals surface area (Å²) in [6.07, 6.45) is 0. The summed E-state index contributed by atoms with van der Waals surface area (Å²) in [4.78, 5) is 0. The number of aryl methyl sites for hydroxylation is 2. The molecule has 0 unspecified atom stereocenters. The van der Waals surface area contributed by atoms with Crippen LogP contribution in [0.25, 0.3) is 0 Å². The van der Waals surface area contributed by atoms with Crippen LogP contribution in [0, 0.1) is 13.8 Å². The quantitative estimate of drug-likeness (QED) is 0.285. The van der Waals surface area contributed by atoms with Crippen LogP contribution in [0.1, 0.15) is 16.7 Å². The maximum Gasteiger partial charge on any atom is 0.170 e. The lowest BCUT2D eigenvalue weighted by molar-refractivity contribution is 0.318. The third-order valence-electron chi connectivity index (χ3n) is 1.91. The van der Waals surface area contributed by atoms with Crippen LogP contribution in [0.15, 0.2) is 23.4 Å². The SMILES string of the molecule is Cc1ccc(/C(N)=N/O)cc1C. The van der Waals surface area contributed by atoms with Gasteiger partial charge in [0.15, 0.2) is 5.84 Å². The topological polar surface area (TPSA) is 58.6 Å². The second kappa shape index (κ2) is 3.26. The molecule has 3 nitrogen and oxygen atoms in total. The smallest absolute Gasteiger partial charge is 0.170 e. The summed E-state index contributed by atoms with van der Waals surface area (Å²) in [5.74, 6) is 0.151. The van der Waals surface area contributed by atoms with E-state index in [1.54, 1.807) is 0 Å². The van der Waals surface area contributed by atoms with Gasteiger partial charge in [0.2, 0.25) is 0 Å². The second-order valence-corrected chi connectivity index (χ2v) is 2.78. The molecular weight excluding hydrogens is 152 g/mol. The Morgan fingerprint density at radius 3 is 2.50 bits per heavy atom. The molecule has 0 atom stereocenters. The highest BCUT2D eigenvalue weighted by Gasteiger charge is 1.99. The second-order valence-electron chi connectivity index (χ2n) is 2.78.